The van der Waals surface area contributed by atoms with Crippen LogP contribution in [0.5, 0.6) is 0 Å². The fourth-order valence-electron chi connectivity index (χ4n) is 2.78. The minimum Gasteiger partial charge on any atom is -0.479 e. The molecule has 0 radical (unpaired) electrons. The molecule has 1 aliphatic heterocycles. The zero-order valence-corrected chi connectivity index (χ0v) is 12.9. The monoisotopic (exact) mass is 325 g/mol. The highest BCUT2D eigenvalue weighted by atomic mass is 19.1. The van der Waals surface area contributed by atoms with Gasteiger partial charge >= 0.3 is 5.97 Å². The second-order valence-electron chi connectivity index (χ2n) is 5.48. The lowest BCUT2D eigenvalue weighted by Gasteiger charge is -2.36. The van der Waals surface area contributed by atoms with Crippen molar-refractivity contribution in [3.8, 4) is 0 Å². The Labute approximate surface area is 133 Å². The number of aliphatic carboxylic acids is 1. The number of halogens is 1. The molecule has 0 aliphatic carbocycles. The van der Waals surface area contributed by atoms with Crippen molar-refractivity contribution >= 4 is 11.9 Å². The number of carbonyl (C=O) groups excluding carboxylic acids is 1. The number of nitrogens with one attached hydrogen (secondary N) is 1. The Morgan fingerprint density at radius 3 is 2.70 bits per heavy atom. The molecule has 1 aliphatic rings. The highest BCUT2D eigenvalue weighted by Crippen LogP contribution is 2.35. The topological polar surface area (TPSA) is 84.9 Å². The second kappa shape index (κ2) is 7.52. The molecule has 1 aromatic carbocycles. The van der Waals surface area contributed by atoms with E-state index in [1.54, 1.807) is 12.1 Å². The van der Waals surface area contributed by atoms with Crippen molar-refractivity contribution in [1.82, 2.24) is 5.32 Å². The van der Waals surface area contributed by atoms with Gasteiger partial charge in [-0.05, 0) is 30.5 Å². The number of rotatable bonds is 6. The Balaban J connectivity index is 2.21. The maximum Gasteiger partial charge on any atom is 0.334 e. The van der Waals surface area contributed by atoms with E-state index in [0.717, 1.165) is 0 Å². The van der Waals surface area contributed by atoms with Crippen LogP contribution in [0.4, 0.5) is 4.39 Å². The molecule has 1 amide bonds. The molecule has 1 atom stereocenters. The van der Waals surface area contributed by atoms with Gasteiger partial charge in [-0.15, -0.1) is 0 Å². The summed E-state index contributed by atoms with van der Waals surface area (Å²) in [7, 11) is 1.27. The summed E-state index contributed by atoms with van der Waals surface area (Å²) in [6, 6.07) is 5.93. The minimum atomic E-state index is -1.15. The van der Waals surface area contributed by atoms with Crippen LogP contribution < -0.4 is 5.32 Å². The molecule has 7 heteroatoms. The molecule has 1 unspecified atom stereocenters. The molecule has 1 heterocycles. The molecule has 0 aromatic heterocycles. The SMILES string of the molecule is COC(CNC(=O)C1(c2cccc(F)c2)CCOCC1)C(=O)O. The maximum absolute atomic E-state index is 13.6. The molecule has 2 N–H and O–H groups in total. The van der Waals surface area contributed by atoms with Crippen molar-refractivity contribution in [3.63, 3.8) is 0 Å². The van der Waals surface area contributed by atoms with Gasteiger partial charge in [0.2, 0.25) is 5.91 Å². The number of ether oxygens (including phenoxy) is 2. The van der Waals surface area contributed by atoms with Crippen LogP contribution in [-0.2, 0) is 24.5 Å². The molecular weight excluding hydrogens is 305 g/mol. The first-order chi connectivity index (χ1) is 11.0. The molecule has 1 saturated heterocycles. The van der Waals surface area contributed by atoms with Crippen LogP contribution in [0.1, 0.15) is 18.4 Å². The van der Waals surface area contributed by atoms with E-state index in [0.29, 0.717) is 31.6 Å². The molecule has 0 spiro atoms. The number of hydrogen-bond acceptors (Lipinski definition) is 4. The molecule has 6 nitrogen and oxygen atoms in total. The largest absolute Gasteiger partial charge is 0.479 e. The fourth-order valence-corrected chi connectivity index (χ4v) is 2.78. The van der Waals surface area contributed by atoms with Crippen LogP contribution in [-0.4, -0.2) is 50.0 Å². The third kappa shape index (κ3) is 3.86. The van der Waals surface area contributed by atoms with Gasteiger partial charge < -0.3 is 19.9 Å². The first kappa shape index (κ1) is 17.4. The second-order valence-corrected chi connectivity index (χ2v) is 5.48. The van der Waals surface area contributed by atoms with Crippen LogP contribution in [0.3, 0.4) is 0 Å². The van der Waals surface area contributed by atoms with Gasteiger partial charge in [-0.3, -0.25) is 4.79 Å². The Hall–Kier alpha value is -1.99. The van der Waals surface area contributed by atoms with E-state index in [1.807, 2.05) is 0 Å². The molecule has 2 rings (SSSR count). The number of carbonyl (C=O) groups is 2. The van der Waals surface area contributed by atoms with Crippen LogP contribution >= 0.6 is 0 Å². The van der Waals surface area contributed by atoms with E-state index in [-0.39, 0.29) is 12.5 Å². The summed E-state index contributed by atoms with van der Waals surface area (Å²) < 4.78 is 23.7. The molecular formula is C16H20FNO5. The van der Waals surface area contributed by atoms with Crippen molar-refractivity contribution < 1.29 is 28.6 Å². The predicted molar refractivity (Wildman–Crippen MR) is 79.6 cm³/mol. The van der Waals surface area contributed by atoms with E-state index in [1.165, 1.54) is 19.2 Å². The van der Waals surface area contributed by atoms with E-state index in [2.05, 4.69) is 5.32 Å². The van der Waals surface area contributed by atoms with Gasteiger partial charge in [0.1, 0.15) is 5.82 Å². The van der Waals surface area contributed by atoms with Gasteiger partial charge in [0.25, 0.3) is 0 Å². The highest BCUT2D eigenvalue weighted by molar-refractivity contribution is 5.89. The molecule has 1 fully saturated rings. The average Bonchev–Trinajstić information content (AvgIpc) is 2.55. The van der Waals surface area contributed by atoms with Gasteiger partial charge in [-0.1, -0.05) is 12.1 Å². The highest BCUT2D eigenvalue weighted by Gasteiger charge is 2.42. The summed E-state index contributed by atoms with van der Waals surface area (Å²) in [5, 5.41) is 11.6. The van der Waals surface area contributed by atoms with E-state index < -0.39 is 23.3 Å². The summed E-state index contributed by atoms with van der Waals surface area (Å²) >= 11 is 0. The van der Waals surface area contributed by atoms with Crippen molar-refractivity contribution in [2.24, 2.45) is 0 Å². The summed E-state index contributed by atoms with van der Waals surface area (Å²) in [6.07, 6.45) is -0.302. The van der Waals surface area contributed by atoms with Gasteiger partial charge in [0.05, 0.1) is 12.0 Å². The quantitative estimate of drug-likeness (QED) is 0.818. The standard InChI is InChI=1S/C16H20FNO5/c1-22-13(14(19)20)10-18-15(21)16(5-7-23-8-6-16)11-3-2-4-12(17)9-11/h2-4,9,13H,5-8,10H2,1H3,(H,18,21)(H,19,20). The lowest BCUT2D eigenvalue weighted by atomic mass is 9.73. The summed E-state index contributed by atoms with van der Waals surface area (Å²) in [5.74, 6) is -1.91. The van der Waals surface area contributed by atoms with Gasteiger partial charge in [-0.2, -0.15) is 0 Å². The number of benzene rings is 1. The van der Waals surface area contributed by atoms with Crippen molar-refractivity contribution in [2.75, 3.05) is 26.9 Å². The van der Waals surface area contributed by atoms with Crippen LogP contribution in [0.2, 0.25) is 0 Å². The van der Waals surface area contributed by atoms with E-state index >= 15 is 0 Å². The minimum absolute atomic E-state index is 0.150. The van der Waals surface area contributed by atoms with Crippen LogP contribution in [0.25, 0.3) is 0 Å². The molecule has 0 bridgehead atoms. The molecule has 1 aromatic rings. The smallest absolute Gasteiger partial charge is 0.334 e. The van der Waals surface area contributed by atoms with Gasteiger partial charge in [0, 0.05) is 20.3 Å². The Bertz CT molecular complexity index is 571. The maximum atomic E-state index is 13.6. The zero-order chi connectivity index (χ0) is 16.9. The number of carboxylic acid groups (broad SMARTS) is 1. The zero-order valence-electron chi connectivity index (χ0n) is 12.9. The van der Waals surface area contributed by atoms with E-state index in [4.69, 9.17) is 14.6 Å². The fraction of sp³-hybridized carbons (Fsp3) is 0.500. The Morgan fingerprint density at radius 2 is 2.13 bits per heavy atom. The predicted octanol–water partition coefficient (Wildman–Crippen LogP) is 1.09. The summed E-state index contributed by atoms with van der Waals surface area (Å²) in [5.41, 5.74) is -0.348. The normalized spacial score (nSPS) is 18.2. The van der Waals surface area contributed by atoms with E-state index in [9.17, 15) is 14.0 Å². The lowest BCUT2D eigenvalue weighted by molar-refractivity contribution is -0.148. The molecule has 0 saturated carbocycles. The number of carboxylic acids is 1. The van der Waals surface area contributed by atoms with Crippen molar-refractivity contribution in [1.29, 1.82) is 0 Å². The van der Waals surface area contributed by atoms with Gasteiger partial charge in [0.15, 0.2) is 6.10 Å². The Kier molecular flexibility index (Phi) is 5.68. The first-order valence-electron chi connectivity index (χ1n) is 7.37. The van der Waals surface area contributed by atoms with Crippen LogP contribution in [0.15, 0.2) is 24.3 Å². The first-order valence-corrected chi connectivity index (χ1v) is 7.37. The molecule has 23 heavy (non-hydrogen) atoms. The third-order valence-electron chi connectivity index (χ3n) is 4.17. The lowest BCUT2D eigenvalue weighted by Crippen LogP contribution is -2.50. The van der Waals surface area contributed by atoms with Gasteiger partial charge in [-0.25, -0.2) is 9.18 Å². The molecule has 126 valence electrons. The van der Waals surface area contributed by atoms with Crippen LogP contribution in [0, 0.1) is 5.82 Å². The van der Waals surface area contributed by atoms with Crippen molar-refractivity contribution in [3.05, 3.63) is 35.6 Å². The number of amides is 1. The third-order valence-corrected chi connectivity index (χ3v) is 4.17. The summed E-state index contributed by atoms with van der Waals surface area (Å²) in [6.45, 7) is 0.621. The number of hydrogen-bond donors (Lipinski definition) is 2. The summed E-state index contributed by atoms with van der Waals surface area (Å²) in [4.78, 5) is 23.7. The Morgan fingerprint density at radius 1 is 1.43 bits per heavy atom. The van der Waals surface area contributed by atoms with Crippen molar-refractivity contribution in [2.45, 2.75) is 24.4 Å². The number of methoxy groups -OCH3 is 1. The average molecular weight is 325 g/mol.